The van der Waals surface area contributed by atoms with E-state index in [4.69, 9.17) is 4.98 Å². The largest absolute Gasteiger partial charge is 0.345 e. The van der Waals surface area contributed by atoms with Crippen LogP contribution in [0.4, 0.5) is 5.82 Å². The lowest BCUT2D eigenvalue weighted by atomic mass is 10.1. The number of anilines is 1. The Bertz CT molecular complexity index is 948. The number of fused-ring (bicyclic) bond motifs is 1. The highest BCUT2D eigenvalue weighted by Crippen LogP contribution is 2.33. The molecule has 1 atom stereocenters. The monoisotopic (exact) mass is 321 g/mol. The van der Waals surface area contributed by atoms with Gasteiger partial charge in [-0.25, -0.2) is 9.97 Å². The zero-order chi connectivity index (χ0) is 16.7. The maximum atomic E-state index is 12.7. The number of rotatable bonds is 2. The molecule has 1 aliphatic heterocycles. The molecule has 4 rings (SSSR count). The smallest absolute Gasteiger partial charge is 0.261 e. The van der Waals surface area contributed by atoms with E-state index in [9.17, 15) is 4.79 Å². The molecule has 0 bridgehead atoms. The molecule has 122 valence electrons. The predicted octanol–water partition coefficient (Wildman–Crippen LogP) is 2.37. The summed E-state index contributed by atoms with van der Waals surface area (Å²) >= 11 is 0. The summed E-state index contributed by atoms with van der Waals surface area (Å²) in [5.74, 6) is 1.63. The molecule has 1 unspecified atom stereocenters. The minimum atomic E-state index is -0.00237. The fourth-order valence-electron chi connectivity index (χ4n) is 3.38. The molecule has 3 heterocycles. The lowest BCUT2D eigenvalue weighted by Gasteiger charge is -2.26. The molecule has 2 aromatic heterocycles. The zero-order valence-corrected chi connectivity index (χ0v) is 13.8. The first-order chi connectivity index (χ1) is 11.6. The highest BCUT2D eigenvalue weighted by molar-refractivity contribution is 5.77. The predicted molar refractivity (Wildman–Crippen MR) is 93.1 cm³/mol. The SMILES string of the molecule is Cc1cnc(N2CCCC2c2nc3ccccc3c(=O)n2C)cn1. The fourth-order valence-corrected chi connectivity index (χ4v) is 3.38. The minimum Gasteiger partial charge on any atom is -0.345 e. The highest BCUT2D eigenvalue weighted by atomic mass is 16.1. The Morgan fingerprint density at radius 1 is 1.17 bits per heavy atom. The van der Waals surface area contributed by atoms with Crippen molar-refractivity contribution < 1.29 is 0 Å². The van der Waals surface area contributed by atoms with Gasteiger partial charge in [0, 0.05) is 13.6 Å². The number of para-hydroxylation sites is 1. The molecule has 0 amide bonds. The van der Waals surface area contributed by atoms with Crippen LogP contribution in [-0.4, -0.2) is 26.1 Å². The van der Waals surface area contributed by atoms with Crippen LogP contribution in [0.3, 0.4) is 0 Å². The van der Waals surface area contributed by atoms with Gasteiger partial charge in [0.05, 0.1) is 35.0 Å². The third kappa shape index (κ3) is 2.35. The lowest BCUT2D eigenvalue weighted by molar-refractivity contribution is 0.606. The molecule has 1 saturated heterocycles. The van der Waals surface area contributed by atoms with Crippen LogP contribution in [0.2, 0.25) is 0 Å². The van der Waals surface area contributed by atoms with E-state index in [2.05, 4.69) is 14.9 Å². The van der Waals surface area contributed by atoms with Crippen LogP contribution in [0, 0.1) is 6.92 Å². The Morgan fingerprint density at radius 3 is 2.79 bits per heavy atom. The maximum absolute atomic E-state index is 12.7. The Hall–Kier alpha value is -2.76. The molecule has 24 heavy (non-hydrogen) atoms. The van der Waals surface area contributed by atoms with E-state index in [0.29, 0.717) is 5.39 Å². The van der Waals surface area contributed by atoms with E-state index in [1.165, 1.54) is 0 Å². The second-order valence-electron chi connectivity index (χ2n) is 6.22. The average Bonchev–Trinajstić information content (AvgIpc) is 3.08. The number of aryl methyl sites for hydroxylation is 1. The number of aromatic nitrogens is 4. The van der Waals surface area contributed by atoms with Crippen LogP contribution in [0.5, 0.6) is 0 Å². The third-order valence-electron chi connectivity index (χ3n) is 4.63. The number of hydrogen-bond acceptors (Lipinski definition) is 5. The lowest BCUT2D eigenvalue weighted by Crippen LogP contribution is -2.31. The van der Waals surface area contributed by atoms with E-state index in [0.717, 1.165) is 42.2 Å². The molecule has 1 fully saturated rings. The van der Waals surface area contributed by atoms with Crippen molar-refractivity contribution in [3.05, 3.63) is 58.5 Å². The molecular weight excluding hydrogens is 302 g/mol. The van der Waals surface area contributed by atoms with E-state index < -0.39 is 0 Å². The normalized spacial score (nSPS) is 17.6. The van der Waals surface area contributed by atoms with E-state index in [1.807, 2.05) is 31.2 Å². The molecular formula is C18H19N5O. The van der Waals surface area contributed by atoms with Crippen LogP contribution < -0.4 is 10.5 Å². The number of nitrogens with zero attached hydrogens (tertiary/aromatic N) is 5. The van der Waals surface area contributed by atoms with Crippen molar-refractivity contribution in [2.75, 3.05) is 11.4 Å². The molecule has 6 nitrogen and oxygen atoms in total. The van der Waals surface area contributed by atoms with Crippen LogP contribution in [-0.2, 0) is 7.05 Å². The van der Waals surface area contributed by atoms with Gasteiger partial charge < -0.3 is 4.90 Å². The molecule has 0 radical (unpaired) electrons. The van der Waals surface area contributed by atoms with E-state index >= 15 is 0 Å². The van der Waals surface area contributed by atoms with Gasteiger partial charge in [-0.1, -0.05) is 12.1 Å². The number of benzene rings is 1. The summed E-state index contributed by atoms with van der Waals surface area (Å²) in [4.78, 5) is 28.5. The van der Waals surface area contributed by atoms with Gasteiger partial charge in [0.25, 0.3) is 5.56 Å². The van der Waals surface area contributed by atoms with Gasteiger partial charge in [-0.3, -0.25) is 14.3 Å². The minimum absolute atomic E-state index is 0.00237. The summed E-state index contributed by atoms with van der Waals surface area (Å²) in [6.07, 6.45) is 5.57. The molecule has 3 aromatic rings. The summed E-state index contributed by atoms with van der Waals surface area (Å²) in [6, 6.07) is 7.55. The van der Waals surface area contributed by atoms with Crippen molar-refractivity contribution in [1.82, 2.24) is 19.5 Å². The summed E-state index contributed by atoms with van der Waals surface area (Å²) in [7, 11) is 1.80. The van der Waals surface area contributed by atoms with Gasteiger partial charge in [0.1, 0.15) is 11.6 Å². The molecule has 6 heteroatoms. The van der Waals surface area contributed by atoms with Crippen molar-refractivity contribution >= 4 is 16.7 Å². The molecule has 1 aromatic carbocycles. The van der Waals surface area contributed by atoms with Crippen LogP contribution in [0.25, 0.3) is 10.9 Å². The van der Waals surface area contributed by atoms with Crippen molar-refractivity contribution in [3.8, 4) is 0 Å². The fraction of sp³-hybridized carbons (Fsp3) is 0.333. The first kappa shape index (κ1) is 14.8. The molecule has 0 spiro atoms. The van der Waals surface area contributed by atoms with Crippen molar-refractivity contribution in [2.24, 2.45) is 7.05 Å². The second-order valence-corrected chi connectivity index (χ2v) is 6.22. The summed E-state index contributed by atoms with van der Waals surface area (Å²) < 4.78 is 1.67. The maximum Gasteiger partial charge on any atom is 0.261 e. The van der Waals surface area contributed by atoms with Gasteiger partial charge in [0.15, 0.2) is 0 Å². The first-order valence-corrected chi connectivity index (χ1v) is 8.16. The Balaban J connectivity index is 1.82. The van der Waals surface area contributed by atoms with Gasteiger partial charge in [-0.2, -0.15) is 0 Å². The van der Waals surface area contributed by atoms with Crippen LogP contribution in [0.1, 0.15) is 30.4 Å². The van der Waals surface area contributed by atoms with Crippen LogP contribution in [0.15, 0.2) is 41.5 Å². The van der Waals surface area contributed by atoms with Crippen molar-refractivity contribution in [1.29, 1.82) is 0 Å². The topological polar surface area (TPSA) is 63.9 Å². The molecule has 0 N–H and O–H groups in total. The standard InChI is InChI=1S/C18H19N5O/c1-12-10-20-16(11-19-12)23-9-5-8-15(23)17-21-14-7-4-3-6-13(14)18(24)22(17)2/h3-4,6-7,10-11,15H,5,8-9H2,1-2H3. The Labute approximate surface area is 139 Å². The Kier molecular flexibility index (Phi) is 3.52. The van der Waals surface area contributed by atoms with Crippen LogP contribution >= 0.6 is 0 Å². The summed E-state index contributed by atoms with van der Waals surface area (Å²) in [6.45, 7) is 2.82. The third-order valence-corrected chi connectivity index (χ3v) is 4.63. The summed E-state index contributed by atoms with van der Waals surface area (Å²) in [5.41, 5.74) is 1.64. The van der Waals surface area contributed by atoms with Crippen molar-refractivity contribution in [2.45, 2.75) is 25.8 Å². The first-order valence-electron chi connectivity index (χ1n) is 8.16. The van der Waals surface area contributed by atoms with Gasteiger partial charge in [-0.15, -0.1) is 0 Å². The molecule has 1 aliphatic rings. The summed E-state index contributed by atoms with van der Waals surface area (Å²) in [5, 5.41) is 0.656. The van der Waals surface area contributed by atoms with Gasteiger partial charge >= 0.3 is 0 Å². The molecule has 0 aliphatic carbocycles. The van der Waals surface area contributed by atoms with Gasteiger partial charge in [-0.05, 0) is 31.9 Å². The Morgan fingerprint density at radius 2 is 2.00 bits per heavy atom. The van der Waals surface area contributed by atoms with E-state index in [-0.39, 0.29) is 11.6 Å². The number of hydrogen-bond donors (Lipinski definition) is 0. The second kappa shape index (κ2) is 5.70. The van der Waals surface area contributed by atoms with E-state index in [1.54, 1.807) is 24.0 Å². The quantitative estimate of drug-likeness (QED) is 0.725. The molecule has 0 saturated carbocycles. The average molecular weight is 321 g/mol. The zero-order valence-electron chi connectivity index (χ0n) is 13.8. The van der Waals surface area contributed by atoms with Crippen molar-refractivity contribution in [3.63, 3.8) is 0 Å². The highest BCUT2D eigenvalue weighted by Gasteiger charge is 2.30. The van der Waals surface area contributed by atoms with Gasteiger partial charge in [0.2, 0.25) is 0 Å².